The number of fused-ring (bicyclic) bond motifs is 1. The van der Waals surface area contributed by atoms with Gasteiger partial charge >= 0.3 is 0 Å². The lowest BCUT2D eigenvalue weighted by molar-refractivity contribution is 0.411. The fourth-order valence-electron chi connectivity index (χ4n) is 1.60. The Morgan fingerprint density at radius 3 is 2.86 bits per heavy atom. The van der Waals surface area contributed by atoms with E-state index in [0.717, 1.165) is 12.1 Å². The molecule has 0 unspecified atom stereocenters. The second-order valence-corrected chi connectivity index (χ2v) is 4.81. The molecule has 0 aromatic carbocycles. The first-order chi connectivity index (χ1) is 6.56. The van der Waals surface area contributed by atoms with Gasteiger partial charge in [-0.15, -0.1) is 0 Å². The van der Waals surface area contributed by atoms with Crippen LogP contribution in [-0.4, -0.2) is 14.4 Å². The molecule has 3 heteroatoms. The van der Waals surface area contributed by atoms with Gasteiger partial charge in [-0.1, -0.05) is 20.8 Å². The van der Waals surface area contributed by atoms with Crippen molar-refractivity contribution in [3.8, 4) is 0 Å². The number of imidazole rings is 1. The minimum Gasteiger partial charge on any atom is -0.290 e. The Kier molecular flexibility index (Phi) is 2.02. The van der Waals surface area contributed by atoms with E-state index in [-0.39, 0.29) is 5.41 Å². The molecule has 2 aromatic rings. The Hall–Kier alpha value is -1.38. The van der Waals surface area contributed by atoms with E-state index >= 15 is 0 Å². The van der Waals surface area contributed by atoms with E-state index in [9.17, 15) is 0 Å². The van der Waals surface area contributed by atoms with Gasteiger partial charge in [0.05, 0.1) is 0 Å². The van der Waals surface area contributed by atoms with Crippen molar-refractivity contribution in [2.75, 3.05) is 0 Å². The molecule has 0 radical (unpaired) electrons. The van der Waals surface area contributed by atoms with Crippen LogP contribution in [0.1, 0.15) is 26.3 Å². The van der Waals surface area contributed by atoms with Gasteiger partial charge in [0.1, 0.15) is 12.0 Å². The Labute approximate surface area is 83.8 Å². The molecular weight excluding hydrogens is 174 g/mol. The first kappa shape index (κ1) is 9.19. The zero-order valence-electron chi connectivity index (χ0n) is 8.86. The van der Waals surface area contributed by atoms with Gasteiger partial charge in [-0.25, -0.2) is 9.97 Å². The highest BCUT2D eigenvalue weighted by atomic mass is 15.0. The Morgan fingerprint density at radius 2 is 2.14 bits per heavy atom. The topological polar surface area (TPSA) is 30.2 Å². The number of hydrogen-bond acceptors (Lipinski definition) is 2. The van der Waals surface area contributed by atoms with Crippen molar-refractivity contribution < 1.29 is 0 Å². The van der Waals surface area contributed by atoms with E-state index in [2.05, 4.69) is 30.7 Å². The molecule has 3 nitrogen and oxygen atoms in total. The summed E-state index contributed by atoms with van der Waals surface area (Å²) < 4.78 is 1.96. The maximum atomic E-state index is 4.33. The minimum atomic E-state index is 0.273. The highest BCUT2D eigenvalue weighted by Gasteiger charge is 2.14. The third-order valence-corrected chi connectivity index (χ3v) is 2.10. The molecule has 0 spiro atoms. The zero-order valence-corrected chi connectivity index (χ0v) is 8.86. The van der Waals surface area contributed by atoms with Crippen molar-refractivity contribution in [1.82, 2.24) is 14.4 Å². The van der Waals surface area contributed by atoms with E-state index in [0.29, 0.717) is 0 Å². The molecule has 0 N–H and O–H groups in total. The zero-order chi connectivity index (χ0) is 10.2. The highest BCUT2D eigenvalue weighted by Crippen LogP contribution is 2.21. The van der Waals surface area contributed by atoms with Crippen LogP contribution in [0, 0.1) is 5.41 Å². The van der Waals surface area contributed by atoms with Gasteiger partial charge in [0, 0.05) is 24.2 Å². The maximum absolute atomic E-state index is 4.33. The van der Waals surface area contributed by atoms with Crippen molar-refractivity contribution >= 4 is 5.65 Å². The van der Waals surface area contributed by atoms with E-state index in [1.54, 1.807) is 6.33 Å². The third-order valence-electron chi connectivity index (χ3n) is 2.10. The van der Waals surface area contributed by atoms with Gasteiger partial charge in [0.2, 0.25) is 0 Å². The van der Waals surface area contributed by atoms with Crippen LogP contribution >= 0.6 is 0 Å². The average molecular weight is 189 g/mol. The monoisotopic (exact) mass is 189 g/mol. The fraction of sp³-hybridized carbons (Fsp3) is 0.455. The minimum absolute atomic E-state index is 0.273. The van der Waals surface area contributed by atoms with Crippen molar-refractivity contribution in [3.05, 3.63) is 30.5 Å². The highest BCUT2D eigenvalue weighted by molar-refractivity contribution is 5.46. The second kappa shape index (κ2) is 3.08. The number of hydrogen-bond donors (Lipinski definition) is 0. The lowest BCUT2D eigenvalue weighted by Gasteiger charge is -2.17. The van der Waals surface area contributed by atoms with Crippen LogP contribution in [0.4, 0.5) is 0 Å². The van der Waals surface area contributed by atoms with Crippen molar-refractivity contribution in [3.63, 3.8) is 0 Å². The fourth-order valence-corrected chi connectivity index (χ4v) is 1.60. The Bertz CT molecular complexity index is 437. The smallest absolute Gasteiger partial charge is 0.142 e. The SMILES string of the molecule is CC(C)(C)Cc1cncn2ccnc12. The van der Waals surface area contributed by atoms with E-state index < -0.39 is 0 Å². The molecule has 0 saturated heterocycles. The summed E-state index contributed by atoms with van der Waals surface area (Å²) in [6, 6.07) is 0. The van der Waals surface area contributed by atoms with E-state index in [1.807, 2.05) is 23.0 Å². The summed E-state index contributed by atoms with van der Waals surface area (Å²) in [4.78, 5) is 8.52. The molecule has 14 heavy (non-hydrogen) atoms. The summed E-state index contributed by atoms with van der Waals surface area (Å²) in [5.74, 6) is 0. The molecule has 2 aromatic heterocycles. The van der Waals surface area contributed by atoms with Gasteiger partial charge < -0.3 is 0 Å². The molecule has 0 aliphatic carbocycles. The first-order valence-corrected chi connectivity index (χ1v) is 4.82. The predicted molar refractivity (Wildman–Crippen MR) is 56.1 cm³/mol. The summed E-state index contributed by atoms with van der Waals surface area (Å²) in [6.45, 7) is 6.66. The quantitative estimate of drug-likeness (QED) is 0.689. The lowest BCUT2D eigenvalue weighted by Crippen LogP contribution is -2.10. The Morgan fingerprint density at radius 1 is 1.36 bits per heavy atom. The normalized spacial score (nSPS) is 12.2. The van der Waals surface area contributed by atoms with Crippen molar-refractivity contribution in [1.29, 1.82) is 0 Å². The molecule has 2 rings (SSSR count). The summed E-state index contributed by atoms with van der Waals surface area (Å²) in [6.07, 6.45) is 8.43. The van der Waals surface area contributed by atoms with Crippen LogP contribution in [-0.2, 0) is 6.42 Å². The van der Waals surface area contributed by atoms with Crippen LogP contribution in [0.25, 0.3) is 5.65 Å². The standard InChI is InChI=1S/C11H15N3/c1-11(2,3)6-9-7-12-8-14-5-4-13-10(9)14/h4-5,7-8H,6H2,1-3H3. The molecule has 0 bridgehead atoms. The molecule has 0 amide bonds. The number of rotatable bonds is 1. The van der Waals surface area contributed by atoms with Crippen molar-refractivity contribution in [2.45, 2.75) is 27.2 Å². The molecule has 0 aliphatic heterocycles. The van der Waals surface area contributed by atoms with Crippen LogP contribution in [0.5, 0.6) is 0 Å². The second-order valence-electron chi connectivity index (χ2n) is 4.81. The van der Waals surface area contributed by atoms with Gasteiger partial charge in [-0.2, -0.15) is 0 Å². The number of aromatic nitrogens is 3. The summed E-state index contributed by atoms with van der Waals surface area (Å²) >= 11 is 0. The van der Waals surface area contributed by atoms with Crippen LogP contribution < -0.4 is 0 Å². The van der Waals surface area contributed by atoms with E-state index in [1.165, 1.54) is 5.56 Å². The number of nitrogens with zero attached hydrogens (tertiary/aromatic N) is 3. The van der Waals surface area contributed by atoms with Gasteiger partial charge in [-0.05, 0) is 11.8 Å². The third kappa shape index (κ3) is 1.76. The molecule has 2 heterocycles. The van der Waals surface area contributed by atoms with Crippen molar-refractivity contribution in [2.24, 2.45) is 5.41 Å². The van der Waals surface area contributed by atoms with Crippen LogP contribution in [0.15, 0.2) is 24.9 Å². The lowest BCUT2D eigenvalue weighted by atomic mass is 9.89. The average Bonchev–Trinajstić information content (AvgIpc) is 2.49. The summed E-state index contributed by atoms with van der Waals surface area (Å²) in [7, 11) is 0. The molecule has 74 valence electrons. The summed E-state index contributed by atoms with van der Waals surface area (Å²) in [5.41, 5.74) is 2.51. The molecular formula is C11H15N3. The van der Waals surface area contributed by atoms with Gasteiger partial charge in [-0.3, -0.25) is 4.40 Å². The van der Waals surface area contributed by atoms with E-state index in [4.69, 9.17) is 0 Å². The Balaban J connectivity index is 2.46. The molecule has 0 aliphatic rings. The van der Waals surface area contributed by atoms with Crippen LogP contribution in [0.3, 0.4) is 0 Å². The molecule has 0 saturated carbocycles. The maximum Gasteiger partial charge on any atom is 0.142 e. The summed E-state index contributed by atoms with van der Waals surface area (Å²) in [5, 5.41) is 0. The molecule has 0 atom stereocenters. The van der Waals surface area contributed by atoms with Gasteiger partial charge in [0.15, 0.2) is 0 Å². The van der Waals surface area contributed by atoms with Gasteiger partial charge in [0.25, 0.3) is 0 Å². The first-order valence-electron chi connectivity index (χ1n) is 4.82. The largest absolute Gasteiger partial charge is 0.290 e. The molecule has 0 fully saturated rings. The van der Waals surface area contributed by atoms with Crippen LogP contribution in [0.2, 0.25) is 0 Å². The predicted octanol–water partition coefficient (Wildman–Crippen LogP) is 2.32.